The molecule has 0 spiro atoms. The van der Waals surface area contributed by atoms with Crippen molar-refractivity contribution in [3.05, 3.63) is 23.8 Å². The third kappa shape index (κ3) is 1.86. The van der Waals surface area contributed by atoms with Crippen LogP contribution in [0.25, 0.3) is 0 Å². The van der Waals surface area contributed by atoms with E-state index in [0.717, 1.165) is 11.4 Å². The molecule has 0 amide bonds. The second kappa shape index (κ2) is 3.83. The van der Waals surface area contributed by atoms with Gasteiger partial charge in [-0.3, -0.25) is 0 Å². The van der Waals surface area contributed by atoms with Gasteiger partial charge in [-0.25, -0.2) is 9.97 Å². The molecule has 70 valence electrons. The lowest BCUT2D eigenvalue weighted by molar-refractivity contribution is 0.665. The molecule has 3 heteroatoms. The Morgan fingerprint density at radius 3 is 2.38 bits per heavy atom. The van der Waals surface area contributed by atoms with Crippen LogP contribution in [0.2, 0.25) is 0 Å². The van der Waals surface area contributed by atoms with Gasteiger partial charge in [0.2, 0.25) is 0 Å². The maximum Gasteiger partial charge on any atom is 0.131 e. The van der Waals surface area contributed by atoms with Crippen molar-refractivity contribution in [3.63, 3.8) is 0 Å². The normalized spacial score (nSPS) is 17.9. The second-order valence-corrected chi connectivity index (χ2v) is 3.64. The van der Waals surface area contributed by atoms with Gasteiger partial charge in [0.05, 0.1) is 0 Å². The Labute approximate surface area is 78.4 Å². The van der Waals surface area contributed by atoms with Crippen LogP contribution in [0.15, 0.2) is 12.4 Å². The Kier molecular flexibility index (Phi) is 2.54. The first-order valence-electron chi connectivity index (χ1n) is 4.91. The van der Waals surface area contributed by atoms with E-state index < -0.39 is 0 Å². The van der Waals surface area contributed by atoms with Crippen LogP contribution in [-0.4, -0.2) is 9.97 Å². The minimum Gasteiger partial charge on any atom is -0.326 e. The zero-order chi connectivity index (χ0) is 9.10. The van der Waals surface area contributed by atoms with Gasteiger partial charge in [-0.2, -0.15) is 0 Å². The summed E-state index contributed by atoms with van der Waals surface area (Å²) in [5.74, 6) is 1.61. The van der Waals surface area contributed by atoms with Gasteiger partial charge in [-0.05, 0) is 12.8 Å². The van der Waals surface area contributed by atoms with Crippen molar-refractivity contribution in [3.8, 4) is 0 Å². The number of nitrogens with two attached hydrogens (primary N) is 1. The first-order chi connectivity index (χ1) is 6.40. The van der Waals surface area contributed by atoms with Gasteiger partial charge in [0.1, 0.15) is 5.82 Å². The summed E-state index contributed by atoms with van der Waals surface area (Å²) >= 11 is 0. The Hall–Kier alpha value is -0.960. The molecule has 13 heavy (non-hydrogen) atoms. The van der Waals surface area contributed by atoms with E-state index in [9.17, 15) is 0 Å². The van der Waals surface area contributed by atoms with E-state index in [-0.39, 0.29) is 0 Å². The van der Waals surface area contributed by atoms with Crippen molar-refractivity contribution in [1.29, 1.82) is 0 Å². The average Bonchev–Trinajstić information content (AvgIpc) is 2.71. The molecule has 0 atom stereocenters. The fourth-order valence-corrected chi connectivity index (χ4v) is 1.86. The van der Waals surface area contributed by atoms with Gasteiger partial charge in [0.25, 0.3) is 0 Å². The first-order valence-corrected chi connectivity index (χ1v) is 4.91. The maximum absolute atomic E-state index is 5.47. The van der Waals surface area contributed by atoms with Gasteiger partial charge in [0.15, 0.2) is 0 Å². The lowest BCUT2D eigenvalue weighted by Crippen LogP contribution is -2.03. The molecule has 0 aromatic carbocycles. The number of aromatic nitrogens is 2. The van der Waals surface area contributed by atoms with Crippen molar-refractivity contribution >= 4 is 0 Å². The smallest absolute Gasteiger partial charge is 0.131 e. The molecule has 0 bridgehead atoms. The number of hydrogen-bond acceptors (Lipinski definition) is 3. The van der Waals surface area contributed by atoms with Gasteiger partial charge in [0, 0.05) is 30.4 Å². The molecular weight excluding hydrogens is 162 g/mol. The van der Waals surface area contributed by atoms with E-state index in [1.165, 1.54) is 25.7 Å². The molecule has 1 aliphatic carbocycles. The van der Waals surface area contributed by atoms with Crippen LogP contribution in [-0.2, 0) is 6.54 Å². The number of hydrogen-bond donors (Lipinski definition) is 1. The fraction of sp³-hybridized carbons (Fsp3) is 0.600. The molecule has 1 aromatic heterocycles. The van der Waals surface area contributed by atoms with Crippen molar-refractivity contribution in [1.82, 2.24) is 9.97 Å². The third-order valence-electron chi connectivity index (χ3n) is 2.68. The van der Waals surface area contributed by atoms with Gasteiger partial charge in [-0.15, -0.1) is 0 Å². The standard InChI is InChI=1S/C10H15N3/c11-5-8-6-12-10(13-7-8)9-3-1-2-4-9/h6-7,9H,1-5,11H2. The Balaban J connectivity index is 2.12. The monoisotopic (exact) mass is 177 g/mol. The Morgan fingerprint density at radius 1 is 1.23 bits per heavy atom. The van der Waals surface area contributed by atoms with Crippen molar-refractivity contribution < 1.29 is 0 Å². The number of rotatable bonds is 2. The highest BCUT2D eigenvalue weighted by Gasteiger charge is 2.18. The van der Waals surface area contributed by atoms with Gasteiger partial charge in [-0.1, -0.05) is 12.8 Å². The summed E-state index contributed by atoms with van der Waals surface area (Å²) in [6, 6.07) is 0. The topological polar surface area (TPSA) is 51.8 Å². The minimum absolute atomic E-state index is 0.533. The molecule has 1 aliphatic rings. The molecule has 2 N–H and O–H groups in total. The van der Waals surface area contributed by atoms with Crippen LogP contribution in [0.1, 0.15) is 43.0 Å². The van der Waals surface area contributed by atoms with Crippen molar-refractivity contribution in [2.24, 2.45) is 5.73 Å². The molecule has 1 saturated carbocycles. The molecule has 1 heterocycles. The molecule has 1 fully saturated rings. The van der Waals surface area contributed by atoms with E-state index in [2.05, 4.69) is 9.97 Å². The Bertz CT molecular complexity index is 262. The van der Waals surface area contributed by atoms with E-state index in [4.69, 9.17) is 5.73 Å². The SMILES string of the molecule is NCc1cnc(C2CCCC2)nc1. The molecule has 1 aromatic rings. The minimum atomic E-state index is 0.533. The van der Waals surface area contributed by atoms with E-state index in [1.807, 2.05) is 12.4 Å². The predicted molar refractivity (Wildman–Crippen MR) is 51.1 cm³/mol. The molecule has 0 aliphatic heterocycles. The van der Waals surface area contributed by atoms with Gasteiger partial charge >= 0.3 is 0 Å². The molecule has 2 rings (SSSR count). The quantitative estimate of drug-likeness (QED) is 0.746. The zero-order valence-electron chi connectivity index (χ0n) is 7.74. The van der Waals surface area contributed by atoms with E-state index >= 15 is 0 Å². The van der Waals surface area contributed by atoms with E-state index in [0.29, 0.717) is 12.5 Å². The Morgan fingerprint density at radius 2 is 1.85 bits per heavy atom. The highest BCUT2D eigenvalue weighted by atomic mass is 14.9. The van der Waals surface area contributed by atoms with Gasteiger partial charge < -0.3 is 5.73 Å². The molecule has 0 radical (unpaired) electrons. The molecule has 0 unspecified atom stereocenters. The molecule has 3 nitrogen and oxygen atoms in total. The van der Waals surface area contributed by atoms with Crippen molar-refractivity contribution in [2.45, 2.75) is 38.1 Å². The lowest BCUT2D eigenvalue weighted by atomic mass is 10.1. The van der Waals surface area contributed by atoms with Crippen LogP contribution >= 0.6 is 0 Å². The van der Waals surface area contributed by atoms with Crippen LogP contribution in [0.5, 0.6) is 0 Å². The highest BCUT2D eigenvalue weighted by molar-refractivity contribution is 5.07. The summed E-state index contributed by atoms with van der Waals surface area (Å²) in [6.07, 6.45) is 8.85. The second-order valence-electron chi connectivity index (χ2n) is 3.64. The van der Waals surface area contributed by atoms with Crippen molar-refractivity contribution in [2.75, 3.05) is 0 Å². The van der Waals surface area contributed by atoms with Crippen LogP contribution in [0.4, 0.5) is 0 Å². The largest absolute Gasteiger partial charge is 0.326 e. The predicted octanol–water partition coefficient (Wildman–Crippen LogP) is 1.59. The zero-order valence-corrected chi connectivity index (χ0v) is 7.74. The molecular formula is C10H15N3. The average molecular weight is 177 g/mol. The maximum atomic E-state index is 5.47. The summed E-state index contributed by atoms with van der Waals surface area (Å²) in [7, 11) is 0. The fourth-order valence-electron chi connectivity index (χ4n) is 1.86. The number of nitrogens with zero attached hydrogens (tertiary/aromatic N) is 2. The summed E-state index contributed by atoms with van der Waals surface area (Å²) in [5, 5.41) is 0. The van der Waals surface area contributed by atoms with Crippen LogP contribution in [0, 0.1) is 0 Å². The third-order valence-corrected chi connectivity index (χ3v) is 2.68. The van der Waals surface area contributed by atoms with Crippen LogP contribution < -0.4 is 5.73 Å². The summed E-state index contributed by atoms with van der Waals surface area (Å²) in [5.41, 5.74) is 6.49. The summed E-state index contributed by atoms with van der Waals surface area (Å²) in [6.45, 7) is 0.533. The van der Waals surface area contributed by atoms with E-state index in [1.54, 1.807) is 0 Å². The first kappa shape index (κ1) is 8.63. The highest BCUT2D eigenvalue weighted by Crippen LogP contribution is 2.31. The van der Waals surface area contributed by atoms with Crippen LogP contribution in [0.3, 0.4) is 0 Å². The summed E-state index contributed by atoms with van der Waals surface area (Å²) < 4.78 is 0. The molecule has 0 saturated heterocycles. The summed E-state index contributed by atoms with van der Waals surface area (Å²) in [4.78, 5) is 8.68. The lowest BCUT2D eigenvalue weighted by Gasteiger charge is -2.06.